The number of carbonyl (C=O) groups is 1. The summed E-state index contributed by atoms with van der Waals surface area (Å²) in [7, 11) is -3.69. The Bertz CT molecular complexity index is 1090. The molecule has 2 aliphatic heterocycles. The van der Waals surface area contributed by atoms with Gasteiger partial charge in [-0.05, 0) is 49.1 Å². The Morgan fingerprint density at radius 2 is 1.79 bits per heavy atom. The molecule has 9 heteroatoms. The van der Waals surface area contributed by atoms with Gasteiger partial charge in [-0.15, -0.1) is 0 Å². The fraction of sp³-hybridized carbons (Fsp3) is 0.480. The minimum atomic E-state index is -3.69. The highest BCUT2D eigenvalue weighted by Crippen LogP contribution is 2.34. The van der Waals surface area contributed by atoms with Crippen molar-refractivity contribution in [2.24, 2.45) is 5.92 Å². The van der Waals surface area contributed by atoms with E-state index in [0.717, 1.165) is 18.6 Å². The number of ether oxygens (including phenoxy) is 4. The Balaban J connectivity index is 1.25. The van der Waals surface area contributed by atoms with Gasteiger partial charge in [0.25, 0.3) is 0 Å². The maximum Gasteiger partial charge on any atom is 0.309 e. The van der Waals surface area contributed by atoms with E-state index in [1.807, 2.05) is 24.3 Å². The number of piperidine rings is 1. The second kappa shape index (κ2) is 11.1. The van der Waals surface area contributed by atoms with Gasteiger partial charge in [-0.25, -0.2) is 8.42 Å². The molecule has 0 atom stereocenters. The molecule has 0 aliphatic carbocycles. The van der Waals surface area contributed by atoms with Crippen molar-refractivity contribution in [3.63, 3.8) is 0 Å². The number of rotatable bonds is 8. The van der Waals surface area contributed by atoms with Crippen LogP contribution in [0.2, 0.25) is 0 Å². The number of benzene rings is 2. The molecule has 2 aromatic carbocycles. The van der Waals surface area contributed by atoms with Crippen LogP contribution in [0.1, 0.15) is 31.7 Å². The molecule has 2 aliphatic rings. The zero-order valence-corrected chi connectivity index (χ0v) is 20.2. The number of sulfonamides is 1. The molecule has 2 heterocycles. The number of hydrogen-bond donors (Lipinski definition) is 0. The highest BCUT2D eigenvalue weighted by atomic mass is 32.2. The van der Waals surface area contributed by atoms with E-state index in [4.69, 9.17) is 18.9 Å². The number of esters is 1. The molecule has 34 heavy (non-hydrogen) atoms. The van der Waals surface area contributed by atoms with Gasteiger partial charge in [0.05, 0.1) is 24.0 Å². The average Bonchev–Trinajstić information content (AvgIpc) is 3.11. The van der Waals surface area contributed by atoms with Crippen LogP contribution < -0.4 is 14.2 Å². The zero-order chi connectivity index (χ0) is 24.0. The Kier molecular flexibility index (Phi) is 7.95. The van der Waals surface area contributed by atoms with E-state index in [9.17, 15) is 13.2 Å². The van der Waals surface area contributed by atoms with Crippen molar-refractivity contribution in [1.82, 2.24) is 4.31 Å². The molecule has 0 radical (unpaired) electrons. The predicted octanol–water partition coefficient (Wildman–Crippen LogP) is 3.43. The van der Waals surface area contributed by atoms with Crippen LogP contribution in [0.5, 0.6) is 17.2 Å². The summed E-state index contributed by atoms with van der Waals surface area (Å²) in [6.07, 6.45) is 2.51. The van der Waals surface area contributed by atoms with E-state index in [1.165, 1.54) is 15.9 Å². The molecule has 4 rings (SSSR count). The average molecular weight is 490 g/mol. The third-order valence-electron chi connectivity index (χ3n) is 6.05. The maximum atomic E-state index is 13.1. The second-order valence-corrected chi connectivity index (χ2v) is 10.3. The third kappa shape index (κ3) is 5.82. The molecule has 8 nitrogen and oxygen atoms in total. The van der Waals surface area contributed by atoms with E-state index in [0.29, 0.717) is 37.6 Å². The second-order valence-electron chi connectivity index (χ2n) is 8.35. The highest BCUT2D eigenvalue weighted by molar-refractivity contribution is 7.89. The summed E-state index contributed by atoms with van der Waals surface area (Å²) in [5.74, 6) is 1.13. The minimum absolute atomic E-state index is 0.158. The number of carbonyl (C=O) groups excluding carboxylic acids is 1. The van der Waals surface area contributed by atoms with Crippen molar-refractivity contribution in [2.45, 2.75) is 37.5 Å². The lowest BCUT2D eigenvalue weighted by molar-refractivity contribution is -0.150. The van der Waals surface area contributed by atoms with Gasteiger partial charge in [-0.2, -0.15) is 4.31 Å². The number of aryl methyl sites for hydroxylation is 1. The van der Waals surface area contributed by atoms with Gasteiger partial charge in [0.2, 0.25) is 10.0 Å². The summed E-state index contributed by atoms with van der Waals surface area (Å²) in [5.41, 5.74) is 1.18. The standard InChI is InChI=1S/C25H31NO7S/c1-2-19-5-3-6-21(17-19)30-15-16-33-25(27)20-9-11-26(12-10-20)34(28,29)22-7-8-23-24(18-22)32-14-4-13-31-23/h3,5-8,17-18,20H,2,4,9-16H2,1H3. The van der Waals surface area contributed by atoms with Crippen molar-refractivity contribution in [2.75, 3.05) is 39.5 Å². The lowest BCUT2D eigenvalue weighted by Gasteiger charge is -2.30. The zero-order valence-electron chi connectivity index (χ0n) is 19.4. The molecule has 0 aromatic heterocycles. The molecule has 1 fully saturated rings. The summed E-state index contributed by atoms with van der Waals surface area (Å²) >= 11 is 0. The predicted molar refractivity (Wildman–Crippen MR) is 126 cm³/mol. The van der Waals surface area contributed by atoms with E-state index >= 15 is 0 Å². The topological polar surface area (TPSA) is 91.4 Å². The number of hydrogen-bond acceptors (Lipinski definition) is 7. The molecule has 0 spiro atoms. The fourth-order valence-electron chi connectivity index (χ4n) is 4.06. The number of fused-ring (bicyclic) bond motifs is 1. The third-order valence-corrected chi connectivity index (χ3v) is 7.94. The first-order valence-corrected chi connectivity index (χ1v) is 13.2. The lowest BCUT2D eigenvalue weighted by atomic mass is 9.98. The van der Waals surface area contributed by atoms with Crippen molar-refractivity contribution in [1.29, 1.82) is 0 Å². The first kappa shape index (κ1) is 24.3. The van der Waals surface area contributed by atoms with Gasteiger partial charge < -0.3 is 18.9 Å². The van der Waals surface area contributed by atoms with Crippen molar-refractivity contribution in [3.05, 3.63) is 48.0 Å². The Labute approximate surface area is 200 Å². The normalized spacial score (nSPS) is 17.1. The summed E-state index contributed by atoms with van der Waals surface area (Å²) in [6, 6.07) is 12.5. The Morgan fingerprint density at radius 3 is 2.56 bits per heavy atom. The van der Waals surface area contributed by atoms with Gasteiger partial charge >= 0.3 is 5.97 Å². The maximum absolute atomic E-state index is 13.1. The van der Waals surface area contributed by atoms with Gasteiger partial charge in [0, 0.05) is 25.6 Å². The van der Waals surface area contributed by atoms with Crippen LogP contribution in [-0.4, -0.2) is 58.2 Å². The van der Waals surface area contributed by atoms with E-state index in [2.05, 4.69) is 6.92 Å². The summed E-state index contributed by atoms with van der Waals surface area (Å²) in [6.45, 7) is 4.06. The summed E-state index contributed by atoms with van der Waals surface area (Å²) in [4.78, 5) is 12.6. The van der Waals surface area contributed by atoms with Crippen LogP contribution in [0.25, 0.3) is 0 Å². The van der Waals surface area contributed by atoms with Crippen LogP contribution in [-0.2, 0) is 26.0 Å². The first-order chi connectivity index (χ1) is 16.5. The largest absolute Gasteiger partial charge is 0.490 e. The van der Waals surface area contributed by atoms with Crippen molar-refractivity contribution < 1.29 is 32.2 Å². The van der Waals surface area contributed by atoms with Crippen molar-refractivity contribution in [3.8, 4) is 17.2 Å². The van der Waals surface area contributed by atoms with Crippen LogP contribution >= 0.6 is 0 Å². The minimum Gasteiger partial charge on any atom is -0.490 e. The van der Waals surface area contributed by atoms with Crippen molar-refractivity contribution >= 4 is 16.0 Å². The summed E-state index contributed by atoms with van der Waals surface area (Å²) < 4.78 is 49.9. The quantitative estimate of drug-likeness (QED) is 0.414. The molecule has 184 valence electrons. The fourth-order valence-corrected chi connectivity index (χ4v) is 5.55. The molecule has 0 bridgehead atoms. The molecular formula is C25H31NO7S. The molecule has 1 saturated heterocycles. The molecule has 2 aromatic rings. The lowest BCUT2D eigenvalue weighted by Crippen LogP contribution is -2.40. The van der Waals surface area contributed by atoms with Crippen LogP contribution in [0, 0.1) is 5.92 Å². The van der Waals surface area contributed by atoms with Gasteiger partial charge in [0.15, 0.2) is 11.5 Å². The highest BCUT2D eigenvalue weighted by Gasteiger charge is 2.33. The molecular weight excluding hydrogens is 458 g/mol. The monoisotopic (exact) mass is 489 g/mol. The Hall–Kier alpha value is -2.78. The first-order valence-electron chi connectivity index (χ1n) is 11.8. The molecule has 0 saturated carbocycles. The van der Waals surface area contributed by atoms with E-state index in [-0.39, 0.29) is 43.1 Å². The van der Waals surface area contributed by atoms with Crippen LogP contribution in [0.4, 0.5) is 0 Å². The molecule has 0 amide bonds. The van der Waals surface area contributed by atoms with Crippen LogP contribution in [0.15, 0.2) is 47.4 Å². The van der Waals surface area contributed by atoms with Gasteiger partial charge in [-0.1, -0.05) is 19.1 Å². The van der Waals surface area contributed by atoms with E-state index < -0.39 is 10.0 Å². The smallest absolute Gasteiger partial charge is 0.309 e. The Morgan fingerprint density at radius 1 is 1.03 bits per heavy atom. The SMILES string of the molecule is CCc1cccc(OCCOC(=O)C2CCN(S(=O)(=O)c3ccc4c(c3)OCCCO4)CC2)c1. The van der Waals surface area contributed by atoms with E-state index in [1.54, 1.807) is 12.1 Å². The summed E-state index contributed by atoms with van der Waals surface area (Å²) in [5, 5.41) is 0. The van der Waals surface area contributed by atoms with Gasteiger partial charge in [0.1, 0.15) is 19.0 Å². The molecule has 0 unspecified atom stereocenters. The van der Waals surface area contributed by atoms with Crippen LogP contribution in [0.3, 0.4) is 0 Å². The number of nitrogens with zero attached hydrogens (tertiary/aromatic N) is 1. The molecule has 0 N–H and O–H groups in total. The van der Waals surface area contributed by atoms with Gasteiger partial charge in [-0.3, -0.25) is 4.79 Å².